The topological polar surface area (TPSA) is 79.4 Å². The number of hydrogen-bond acceptors (Lipinski definition) is 5. The predicted molar refractivity (Wildman–Crippen MR) is 65.0 cm³/mol. The predicted octanol–water partition coefficient (Wildman–Crippen LogP) is 0.682. The molecule has 3 heterocycles. The Labute approximate surface area is 105 Å². The molecule has 0 aliphatic carbocycles. The molecule has 3 rings (SSSR count). The van der Waals surface area contributed by atoms with E-state index in [0.717, 1.165) is 25.9 Å². The first-order valence-electron chi connectivity index (χ1n) is 6.25. The molecule has 0 bridgehead atoms. The minimum Gasteiger partial charge on any atom is -0.383 e. The van der Waals surface area contributed by atoms with Crippen molar-refractivity contribution in [1.29, 1.82) is 0 Å². The number of nitrogens with two attached hydrogens (primary N) is 1. The zero-order chi connectivity index (χ0) is 12.8. The largest absolute Gasteiger partial charge is 0.383 e. The lowest BCUT2D eigenvalue weighted by Crippen LogP contribution is -2.40. The molecule has 2 aliphatic heterocycles. The first-order chi connectivity index (χ1) is 8.61. The van der Waals surface area contributed by atoms with Crippen LogP contribution in [-0.2, 0) is 9.47 Å². The second kappa shape index (κ2) is 4.07. The van der Waals surface area contributed by atoms with Crippen LogP contribution in [0.3, 0.4) is 0 Å². The van der Waals surface area contributed by atoms with Gasteiger partial charge in [-0.05, 0) is 25.8 Å². The van der Waals surface area contributed by atoms with Gasteiger partial charge in [-0.3, -0.25) is 4.57 Å². The van der Waals surface area contributed by atoms with Crippen LogP contribution in [0, 0.1) is 0 Å². The molecule has 3 atom stereocenters. The van der Waals surface area contributed by atoms with Crippen LogP contribution in [0.1, 0.15) is 32.4 Å². The first-order valence-corrected chi connectivity index (χ1v) is 6.25. The van der Waals surface area contributed by atoms with E-state index in [9.17, 15) is 4.79 Å². The number of nitrogens with zero attached hydrogens (tertiary/aromatic N) is 2. The zero-order valence-electron chi connectivity index (χ0n) is 10.3. The lowest BCUT2D eigenvalue weighted by molar-refractivity contribution is -0.101. The van der Waals surface area contributed by atoms with E-state index < -0.39 is 6.23 Å². The fourth-order valence-electron chi connectivity index (χ4n) is 2.98. The van der Waals surface area contributed by atoms with Crippen molar-refractivity contribution in [2.75, 3.05) is 12.3 Å². The Kier molecular flexibility index (Phi) is 2.64. The Bertz CT molecular complexity index is 508. The Morgan fingerprint density at radius 1 is 1.61 bits per heavy atom. The van der Waals surface area contributed by atoms with Gasteiger partial charge in [-0.15, -0.1) is 0 Å². The summed E-state index contributed by atoms with van der Waals surface area (Å²) in [6.45, 7) is 2.73. The molecule has 0 saturated carbocycles. The summed E-state index contributed by atoms with van der Waals surface area (Å²) in [6, 6.07) is 1.61. The molecule has 2 fully saturated rings. The minimum atomic E-state index is -0.393. The molecule has 2 aliphatic rings. The number of anilines is 1. The van der Waals surface area contributed by atoms with Crippen LogP contribution >= 0.6 is 0 Å². The van der Waals surface area contributed by atoms with Crippen LogP contribution in [-0.4, -0.2) is 27.9 Å². The van der Waals surface area contributed by atoms with Gasteiger partial charge in [-0.25, -0.2) is 4.79 Å². The molecular weight excluding hydrogens is 234 g/mol. The number of hydrogen-bond donors (Lipinski definition) is 1. The van der Waals surface area contributed by atoms with Gasteiger partial charge in [0.1, 0.15) is 11.4 Å². The summed E-state index contributed by atoms with van der Waals surface area (Å²) < 4.78 is 13.2. The van der Waals surface area contributed by atoms with E-state index in [-0.39, 0.29) is 23.2 Å². The van der Waals surface area contributed by atoms with Crippen molar-refractivity contribution in [3.8, 4) is 0 Å². The number of aromatic nitrogens is 2. The third-order valence-corrected chi connectivity index (χ3v) is 3.68. The van der Waals surface area contributed by atoms with Gasteiger partial charge in [0.25, 0.3) is 0 Å². The fraction of sp³-hybridized carbons (Fsp3) is 0.667. The van der Waals surface area contributed by atoms with Gasteiger partial charge in [0.05, 0.1) is 6.10 Å². The summed E-state index contributed by atoms with van der Waals surface area (Å²) in [4.78, 5) is 15.7. The second-order valence-corrected chi connectivity index (χ2v) is 5.06. The van der Waals surface area contributed by atoms with Crippen LogP contribution in [0.25, 0.3) is 0 Å². The van der Waals surface area contributed by atoms with E-state index in [1.165, 1.54) is 4.57 Å². The average molecular weight is 251 g/mol. The molecule has 18 heavy (non-hydrogen) atoms. The molecule has 1 spiro atoms. The Morgan fingerprint density at radius 2 is 2.44 bits per heavy atom. The van der Waals surface area contributed by atoms with Crippen LogP contribution < -0.4 is 11.4 Å². The molecule has 0 aromatic carbocycles. The monoisotopic (exact) mass is 251 g/mol. The van der Waals surface area contributed by atoms with Crippen LogP contribution in [0.5, 0.6) is 0 Å². The molecule has 0 amide bonds. The van der Waals surface area contributed by atoms with Crippen LogP contribution in [0.2, 0.25) is 0 Å². The van der Waals surface area contributed by atoms with E-state index in [4.69, 9.17) is 15.2 Å². The van der Waals surface area contributed by atoms with E-state index >= 15 is 0 Å². The number of rotatable bonds is 1. The zero-order valence-corrected chi connectivity index (χ0v) is 10.3. The highest BCUT2D eigenvalue weighted by atomic mass is 16.6. The second-order valence-electron chi connectivity index (χ2n) is 5.06. The average Bonchev–Trinajstić information content (AvgIpc) is 2.88. The van der Waals surface area contributed by atoms with Crippen molar-refractivity contribution in [2.45, 2.75) is 44.1 Å². The molecular formula is C12H17N3O3. The van der Waals surface area contributed by atoms with Gasteiger partial charge in [0.15, 0.2) is 6.23 Å². The smallest absolute Gasteiger partial charge is 0.351 e. The minimum absolute atomic E-state index is 0.0811. The van der Waals surface area contributed by atoms with Crippen molar-refractivity contribution in [1.82, 2.24) is 9.55 Å². The summed E-state index contributed by atoms with van der Waals surface area (Å²) in [5.41, 5.74) is 4.74. The molecule has 6 nitrogen and oxygen atoms in total. The van der Waals surface area contributed by atoms with E-state index in [1.807, 2.05) is 6.92 Å². The molecule has 1 aromatic rings. The molecule has 1 aromatic heterocycles. The van der Waals surface area contributed by atoms with Gasteiger partial charge in [-0.2, -0.15) is 4.98 Å². The SMILES string of the molecule is CC1C[C@]2(CCCO2)C(n2ccc(N)nc2=O)O1. The lowest BCUT2D eigenvalue weighted by atomic mass is 9.94. The summed E-state index contributed by atoms with van der Waals surface area (Å²) in [5.74, 6) is 0.226. The molecule has 0 radical (unpaired) electrons. The summed E-state index contributed by atoms with van der Waals surface area (Å²) in [7, 11) is 0. The third kappa shape index (κ3) is 1.72. The van der Waals surface area contributed by atoms with Crippen molar-refractivity contribution in [3.63, 3.8) is 0 Å². The van der Waals surface area contributed by atoms with Crippen molar-refractivity contribution < 1.29 is 9.47 Å². The standard InChI is InChI=1S/C12H17N3O3/c1-8-7-12(4-2-6-17-12)10(18-8)15-5-3-9(13)14-11(15)16/h3,5,8,10H,2,4,6-7H2,1H3,(H2,13,14,16)/t8?,10?,12-/m1/s1. The quantitative estimate of drug-likeness (QED) is 0.794. The van der Waals surface area contributed by atoms with Crippen molar-refractivity contribution in [2.24, 2.45) is 0 Å². The first kappa shape index (κ1) is 11.7. The van der Waals surface area contributed by atoms with Crippen LogP contribution in [0.15, 0.2) is 17.1 Å². The Morgan fingerprint density at radius 3 is 3.11 bits per heavy atom. The van der Waals surface area contributed by atoms with E-state index in [2.05, 4.69) is 4.98 Å². The van der Waals surface area contributed by atoms with Gasteiger partial charge < -0.3 is 15.2 Å². The van der Waals surface area contributed by atoms with Gasteiger partial charge in [0, 0.05) is 19.2 Å². The Hall–Kier alpha value is -1.40. The highest BCUT2D eigenvalue weighted by molar-refractivity contribution is 5.23. The van der Waals surface area contributed by atoms with Gasteiger partial charge in [-0.1, -0.05) is 0 Å². The van der Waals surface area contributed by atoms with E-state index in [1.54, 1.807) is 12.3 Å². The normalized spacial score (nSPS) is 35.4. The highest BCUT2D eigenvalue weighted by Gasteiger charge is 2.51. The maximum Gasteiger partial charge on any atom is 0.351 e. The fourth-order valence-corrected chi connectivity index (χ4v) is 2.98. The number of nitrogen functional groups attached to an aromatic ring is 1. The van der Waals surface area contributed by atoms with Crippen molar-refractivity contribution in [3.05, 3.63) is 22.7 Å². The molecule has 2 unspecified atom stereocenters. The summed E-state index contributed by atoms with van der Waals surface area (Å²) >= 11 is 0. The molecule has 2 N–H and O–H groups in total. The third-order valence-electron chi connectivity index (χ3n) is 3.68. The van der Waals surface area contributed by atoms with Gasteiger partial charge >= 0.3 is 5.69 Å². The maximum atomic E-state index is 11.9. The number of ether oxygens (including phenoxy) is 2. The maximum absolute atomic E-state index is 11.9. The Balaban J connectivity index is 2.01. The summed E-state index contributed by atoms with van der Waals surface area (Å²) in [6.07, 6.45) is 4.06. The van der Waals surface area contributed by atoms with Gasteiger partial charge in [0.2, 0.25) is 0 Å². The van der Waals surface area contributed by atoms with E-state index in [0.29, 0.717) is 0 Å². The lowest BCUT2D eigenvalue weighted by Gasteiger charge is -2.29. The van der Waals surface area contributed by atoms with Crippen molar-refractivity contribution >= 4 is 5.82 Å². The molecule has 6 heteroatoms. The molecule has 98 valence electrons. The highest BCUT2D eigenvalue weighted by Crippen LogP contribution is 2.46. The van der Waals surface area contributed by atoms with Crippen LogP contribution in [0.4, 0.5) is 5.82 Å². The summed E-state index contributed by atoms with van der Waals surface area (Å²) in [5, 5.41) is 0. The molecule has 2 saturated heterocycles.